The molecule has 0 atom stereocenters. The Balaban J connectivity index is 0.00000729. The van der Waals surface area contributed by atoms with Crippen molar-refractivity contribution >= 4 is 35.8 Å². The van der Waals surface area contributed by atoms with E-state index in [9.17, 15) is 9.90 Å². The van der Waals surface area contributed by atoms with E-state index >= 15 is 0 Å². The summed E-state index contributed by atoms with van der Waals surface area (Å²) in [6.07, 6.45) is 1.01. The molecule has 160 valence electrons. The Labute approximate surface area is 185 Å². The Morgan fingerprint density at radius 1 is 1.14 bits per heavy atom. The Bertz CT molecular complexity index is 569. The van der Waals surface area contributed by atoms with Gasteiger partial charge in [-0.3, -0.25) is 9.79 Å². The zero-order valence-electron chi connectivity index (χ0n) is 17.0. The van der Waals surface area contributed by atoms with E-state index in [0.717, 1.165) is 38.6 Å². The number of guanidine groups is 1. The van der Waals surface area contributed by atoms with Gasteiger partial charge < -0.3 is 30.7 Å². The third-order valence-electron chi connectivity index (χ3n) is 3.82. The number of halogens is 1. The van der Waals surface area contributed by atoms with Crippen molar-refractivity contribution in [2.45, 2.75) is 13.3 Å². The lowest BCUT2D eigenvalue weighted by atomic mass is 10.2. The molecule has 0 unspecified atom stereocenters. The molecule has 0 fully saturated rings. The minimum absolute atomic E-state index is 0. The lowest BCUT2D eigenvalue weighted by Crippen LogP contribution is -2.42. The summed E-state index contributed by atoms with van der Waals surface area (Å²) >= 11 is 0. The number of phenolic OH excluding ortho intramolecular Hbond substituents is 1. The monoisotopic (exact) mass is 507 g/mol. The van der Waals surface area contributed by atoms with E-state index in [1.54, 1.807) is 19.2 Å². The maximum atomic E-state index is 12.0. The SMILES string of the molecule is CCNC(=NCCN(C)CCCOC)NCCNC(=O)c1ccc(O)cc1.I. The molecule has 0 aliphatic carbocycles. The summed E-state index contributed by atoms with van der Waals surface area (Å²) in [4.78, 5) is 18.8. The lowest BCUT2D eigenvalue weighted by Gasteiger charge is -2.16. The zero-order valence-corrected chi connectivity index (χ0v) is 19.4. The molecule has 0 saturated heterocycles. The average molecular weight is 507 g/mol. The number of amides is 1. The molecule has 1 rings (SSSR count). The molecule has 9 heteroatoms. The van der Waals surface area contributed by atoms with E-state index in [4.69, 9.17) is 4.74 Å². The van der Waals surface area contributed by atoms with Crippen molar-refractivity contribution < 1.29 is 14.6 Å². The van der Waals surface area contributed by atoms with Gasteiger partial charge in [0.1, 0.15) is 5.75 Å². The summed E-state index contributed by atoms with van der Waals surface area (Å²) in [6, 6.07) is 6.17. The van der Waals surface area contributed by atoms with Gasteiger partial charge in [0.05, 0.1) is 6.54 Å². The van der Waals surface area contributed by atoms with Crippen molar-refractivity contribution in [1.82, 2.24) is 20.9 Å². The number of phenols is 1. The van der Waals surface area contributed by atoms with Gasteiger partial charge in [-0.25, -0.2) is 0 Å². The molecule has 0 saturated carbocycles. The first kappa shape index (κ1) is 26.4. The van der Waals surface area contributed by atoms with Crippen LogP contribution in [0.3, 0.4) is 0 Å². The molecular weight excluding hydrogens is 473 g/mol. The van der Waals surface area contributed by atoms with Gasteiger partial charge in [0.2, 0.25) is 0 Å². The van der Waals surface area contributed by atoms with Gasteiger partial charge in [-0.05, 0) is 44.7 Å². The van der Waals surface area contributed by atoms with Crippen molar-refractivity contribution in [2.75, 3.05) is 60.0 Å². The fraction of sp³-hybridized carbons (Fsp3) is 0.579. The summed E-state index contributed by atoms with van der Waals surface area (Å²) in [5, 5.41) is 18.5. The van der Waals surface area contributed by atoms with Crippen molar-refractivity contribution in [1.29, 1.82) is 0 Å². The molecule has 0 aromatic heterocycles. The quantitative estimate of drug-likeness (QED) is 0.147. The van der Waals surface area contributed by atoms with Crippen LogP contribution >= 0.6 is 24.0 Å². The van der Waals surface area contributed by atoms with E-state index in [0.29, 0.717) is 25.2 Å². The first-order valence-electron chi connectivity index (χ1n) is 9.33. The number of hydrogen-bond donors (Lipinski definition) is 4. The number of nitrogens with one attached hydrogen (secondary N) is 3. The van der Waals surface area contributed by atoms with Crippen molar-refractivity contribution in [3.05, 3.63) is 29.8 Å². The molecule has 1 aromatic carbocycles. The number of aliphatic imine (C=N–C) groups is 1. The smallest absolute Gasteiger partial charge is 0.251 e. The van der Waals surface area contributed by atoms with Crippen LogP contribution in [0.25, 0.3) is 0 Å². The topological polar surface area (TPSA) is 98.2 Å². The molecule has 0 aliphatic heterocycles. The summed E-state index contributed by atoms with van der Waals surface area (Å²) in [5.41, 5.74) is 0.518. The summed E-state index contributed by atoms with van der Waals surface area (Å²) in [5.74, 6) is 0.710. The number of ether oxygens (including phenoxy) is 1. The summed E-state index contributed by atoms with van der Waals surface area (Å²) in [7, 11) is 3.79. The second kappa shape index (κ2) is 16.4. The first-order chi connectivity index (χ1) is 13.1. The highest BCUT2D eigenvalue weighted by Gasteiger charge is 2.05. The number of likely N-dealkylation sites (N-methyl/N-ethyl adjacent to an activating group) is 1. The highest BCUT2D eigenvalue weighted by molar-refractivity contribution is 14.0. The number of methoxy groups -OCH3 is 1. The van der Waals surface area contributed by atoms with Crippen LogP contribution in [0.5, 0.6) is 5.75 Å². The molecule has 28 heavy (non-hydrogen) atoms. The maximum Gasteiger partial charge on any atom is 0.251 e. The van der Waals surface area contributed by atoms with Crippen molar-refractivity contribution in [3.8, 4) is 5.75 Å². The van der Waals surface area contributed by atoms with E-state index in [2.05, 4.69) is 32.9 Å². The van der Waals surface area contributed by atoms with Gasteiger partial charge in [0.15, 0.2) is 5.96 Å². The summed E-state index contributed by atoms with van der Waals surface area (Å²) < 4.78 is 5.06. The van der Waals surface area contributed by atoms with Crippen LogP contribution in [-0.4, -0.2) is 81.9 Å². The van der Waals surface area contributed by atoms with Crippen LogP contribution in [0.4, 0.5) is 0 Å². The normalized spacial score (nSPS) is 11.1. The maximum absolute atomic E-state index is 12.0. The molecule has 0 radical (unpaired) electrons. The predicted molar refractivity (Wildman–Crippen MR) is 124 cm³/mol. The van der Waals surface area contributed by atoms with Crippen LogP contribution in [0.1, 0.15) is 23.7 Å². The average Bonchev–Trinajstić information content (AvgIpc) is 2.65. The molecule has 1 aromatic rings. The van der Waals surface area contributed by atoms with Gasteiger partial charge in [0, 0.05) is 52.0 Å². The first-order valence-corrected chi connectivity index (χ1v) is 9.33. The van der Waals surface area contributed by atoms with E-state index in [1.165, 1.54) is 12.1 Å². The second-order valence-corrected chi connectivity index (χ2v) is 6.14. The number of rotatable bonds is 12. The third-order valence-corrected chi connectivity index (χ3v) is 3.82. The van der Waals surface area contributed by atoms with Gasteiger partial charge in [-0.1, -0.05) is 0 Å². The van der Waals surface area contributed by atoms with Crippen molar-refractivity contribution in [2.24, 2.45) is 4.99 Å². The van der Waals surface area contributed by atoms with E-state index < -0.39 is 0 Å². The standard InChI is InChI=1S/C19H33N5O3.HI/c1-4-20-19(23-12-14-24(2)13-5-15-27-3)22-11-10-21-18(26)16-6-8-17(25)9-7-16;/h6-9,25H,4-5,10-15H2,1-3H3,(H,21,26)(H2,20,22,23);1H. The molecule has 0 heterocycles. The predicted octanol–water partition coefficient (Wildman–Crippen LogP) is 1.26. The number of nitrogens with zero attached hydrogens (tertiary/aromatic N) is 2. The van der Waals surface area contributed by atoms with Crippen LogP contribution in [0.15, 0.2) is 29.3 Å². The molecular formula is C19H34IN5O3. The van der Waals surface area contributed by atoms with Crippen LogP contribution in [0.2, 0.25) is 0 Å². The molecule has 0 bridgehead atoms. The summed E-state index contributed by atoms with van der Waals surface area (Å²) in [6.45, 7) is 7.15. The fourth-order valence-corrected chi connectivity index (χ4v) is 2.34. The second-order valence-electron chi connectivity index (χ2n) is 6.14. The van der Waals surface area contributed by atoms with Crippen molar-refractivity contribution in [3.63, 3.8) is 0 Å². The molecule has 0 aliphatic rings. The number of carbonyl (C=O) groups is 1. The van der Waals surface area contributed by atoms with Gasteiger partial charge >= 0.3 is 0 Å². The highest BCUT2D eigenvalue weighted by atomic mass is 127. The van der Waals surface area contributed by atoms with Gasteiger partial charge in [-0.15, -0.1) is 24.0 Å². The molecule has 4 N–H and O–H groups in total. The number of carbonyl (C=O) groups excluding carboxylic acids is 1. The lowest BCUT2D eigenvalue weighted by molar-refractivity contribution is 0.0954. The van der Waals surface area contributed by atoms with Crippen LogP contribution in [0, 0.1) is 0 Å². The Hall–Kier alpha value is -1.59. The van der Waals surface area contributed by atoms with Crippen LogP contribution < -0.4 is 16.0 Å². The number of aromatic hydroxyl groups is 1. The molecule has 1 amide bonds. The Morgan fingerprint density at radius 3 is 2.46 bits per heavy atom. The van der Waals surface area contributed by atoms with Crippen LogP contribution in [-0.2, 0) is 4.74 Å². The largest absolute Gasteiger partial charge is 0.508 e. The minimum Gasteiger partial charge on any atom is -0.508 e. The molecule has 8 nitrogen and oxygen atoms in total. The van der Waals surface area contributed by atoms with E-state index in [1.807, 2.05) is 6.92 Å². The Morgan fingerprint density at radius 2 is 1.82 bits per heavy atom. The van der Waals surface area contributed by atoms with Gasteiger partial charge in [0.25, 0.3) is 5.91 Å². The third kappa shape index (κ3) is 12.0. The molecule has 0 spiro atoms. The zero-order chi connectivity index (χ0) is 19.9. The number of benzene rings is 1. The highest BCUT2D eigenvalue weighted by Crippen LogP contribution is 2.09. The Kier molecular flexibility index (Phi) is 15.4. The fourth-order valence-electron chi connectivity index (χ4n) is 2.34. The minimum atomic E-state index is -0.170. The van der Waals surface area contributed by atoms with E-state index in [-0.39, 0.29) is 35.6 Å². The van der Waals surface area contributed by atoms with Gasteiger partial charge in [-0.2, -0.15) is 0 Å². The number of hydrogen-bond acceptors (Lipinski definition) is 5.